The van der Waals surface area contributed by atoms with Crippen molar-refractivity contribution in [2.75, 3.05) is 0 Å². The lowest BCUT2D eigenvalue weighted by Crippen LogP contribution is -2.45. The molecular weight excluding hydrogens is 325 g/mol. The van der Waals surface area contributed by atoms with E-state index in [9.17, 15) is 23.1 Å². The Morgan fingerprint density at radius 1 is 1.33 bits per heavy atom. The second kappa shape index (κ2) is 6.58. The van der Waals surface area contributed by atoms with E-state index in [1.54, 1.807) is 20.8 Å². The molecule has 0 spiro atoms. The van der Waals surface area contributed by atoms with Gasteiger partial charge in [-0.3, -0.25) is 9.88 Å². The molecule has 1 amide bonds. The van der Waals surface area contributed by atoms with Crippen LogP contribution in [0.3, 0.4) is 0 Å². The number of likely N-dealkylation sites (tertiary alicyclic amines) is 1. The molecule has 2 rings (SSSR count). The van der Waals surface area contributed by atoms with Gasteiger partial charge in [-0.2, -0.15) is 13.2 Å². The first-order chi connectivity index (χ1) is 11.0. The molecule has 1 N–H and O–H groups in total. The van der Waals surface area contributed by atoms with Gasteiger partial charge >= 0.3 is 12.3 Å². The number of carbonyl (C=O) groups is 1. The minimum atomic E-state index is -4.48. The van der Waals surface area contributed by atoms with Crippen LogP contribution in [-0.4, -0.2) is 39.0 Å². The summed E-state index contributed by atoms with van der Waals surface area (Å²) in [6.45, 7) is 5.17. The third-order valence-electron chi connectivity index (χ3n) is 3.66. The number of alkyl halides is 3. The zero-order chi connectivity index (χ0) is 18.1. The number of hydrogen-bond donors (Lipinski definition) is 1. The number of hydrogen-bond acceptors (Lipinski definition) is 4. The van der Waals surface area contributed by atoms with Crippen molar-refractivity contribution >= 4 is 6.09 Å². The van der Waals surface area contributed by atoms with Crippen LogP contribution in [-0.2, 0) is 17.3 Å². The molecule has 24 heavy (non-hydrogen) atoms. The summed E-state index contributed by atoms with van der Waals surface area (Å²) in [6, 6.07) is 1.92. The highest BCUT2D eigenvalue weighted by atomic mass is 19.4. The van der Waals surface area contributed by atoms with Crippen LogP contribution in [0.25, 0.3) is 0 Å². The van der Waals surface area contributed by atoms with Gasteiger partial charge in [0.1, 0.15) is 17.5 Å². The molecule has 1 aliphatic heterocycles. The molecule has 1 saturated heterocycles. The summed E-state index contributed by atoms with van der Waals surface area (Å²) in [6.07, 6.45) is -3.66. The molecule has 1 aromatic rings. The highest BCUT2D eigenvalue weighted by Gasteiger charge is 2.38. The molecule has 0 aromatic carbocycles. The van der Waals surface area contributed by atoms with Crippen molar-refractivity contribution in [3.8, 4) is 0 Å². The van der Waals surface area contributed by atoms with Crippen LogP contribution in [0, 0.1) is 0 Å². The highest BCUT2D eigenvalue weighted by molar-refractivity contribution is 5.69. The van der Waals surface area contributed by atoms with Gasteiger partial charge in [-0.1, -0.05) is 6.07 Å². The van der Waals surface area contributed by atoms with Crippen LogP contribution < -0.4 is 0 Å². The molecular formula is C16H21F3N2O3. The Morgan fingerprint density at radius 3 is 2.50 bits per heavy atom. The molecule has 5 nitrogen and oxygen atoms in total. The molecule has 1 fully saturated rings. The Kier molecular flexibility index (Phi) is 5.08. The second-order valence-electron chi connectivity index (χ2n) is 6.85. The molecule has 134 valence electrons. The van der Waals surface area contributed by atoms with Crippen molar-refractivity contribution in [1.29, 1.82) is 0 Å². The smallest absolute Gasteiger partial charge is 0.433 e. The van der Waals surface area contributed by atoms with Crippen LogP contribution in [0.1, 0.15) is 44.9 Å². The summed E-state index contributed by atoms with van der Waals surface area (Å²) in [5, 5.41) is 10.0. The summed E-state index contributed by atoms with van der Waals surface area (Å²) < 4.78 is 42.9. The van der Waals surface area contributed by atoms with E-state index >= 15 is 0 Å². The fourth-order valence-corrected chi connectivity index (χ4v) is 2.63. The Bertz CT molecular complexity index is 582. The Morgan fingerprint density at radius 2 is 2.00 bits per heavy atom. The largest absolute Gasteiger partial charge is 0.444 e. The van der Waals surface area contributed by atoms with E-state index in [1.165, 1.54) is 11.0 Å². The molecule has 1 aliphatic rings. The lowest BCUT2D eigenvalue weighted by molar-refractivity contribution is -0.141. The van der Waals surface area contributed by atoms with Gasteiger partial charge in [0.05, 0.1) is 0 Å². The van der Waals surface area contributed by atoms with E-state index < -0.39 is 29.8 Å². The summed E-state index contributed by atoms with van der Waals surface area (Å²) in [4.78, 5) is 16.9. The van der Waals surface area contributed by atoms with Crippen molar-refractivity contribution in [3.05, 3.63) is 29.6 Å². The lowest BCUT2D eigenvalue weighted by atomic mass is 10.1. The van der Waals surface area contributed by atoms with Crippen LogP contribution in [0.2, 0.25) is 0 Å². The molecule has 0 saturated carbocycles. The van der Waals surface area contributed by atoms with Crippen LogP contribution in [0.4, 0.5) is 18.0 Å². The third-order valence-corrected chi connectivity index (χ3v) is 3.66. The molecule has 0 aliphatic carbocycles. The minimum absolute atomic E-state index is 0.307. The van der Waals surface area contributed by atoms with Crippen molar-refractivity contribution < 1.29 is 27.8 Å². The number of aliphatic hydroxyl groups is 1. The number of ether oxygens (including phenoxy) is 1. The fourth-order valence-electron chi connectivity index (χ4n) is 2.63. The van der Waals surface area contributed by atoms with Gasteiger partial charge in [0.2, 0.25) is 0 Å². The maximum absolute atomic E-state index is 12.5. The van der Waals surface area contributed by atoms with Crippen LogP contribution >= 0.6 is 0 Å². The SMILES string of the molecule is CC(C)(C)OC(=O)N1C(O)CCC1Cc1ccc(C(F)(F)F)nc1. The first-order valence-corrected chi connectivity index (χ1v) is 7.69. The molecule has 0 radical (unpaired) electrons. The molecule has 1 aromatic heterocycles. The zero-order valence-corrected chi connectivity index (χ0v) is 13.8. The van der Waals surface area contributed by atoms with E-state index in [2.05, 4.69) is 4.98 Å². The molecule has 8 heteroatoms. The Labute approximate surface area is 138 Å². The van der Waals surface area contributed by atoms with Crippen LogP contribution in [0.15, 0.2) is 18.3 Å². The van der Waals surface area contributed by atoms with Gasteiger partial charge < -0.3 is 9.84 Å². The number of aromatic nitrogens is 1. The Balaban J connectivity index is 2.09. The topological polar surface area (TPSA) is 62.7 Å². The number of halogens is 3. The van der Waals surface area contributed by atoms with E-state index in [0.717, 1.165) is 12.3 Å². The second-order valence-corrected chi connectivity index (χ2v) is 6.85. The van der Waals surface area contributed by atoms with E-state index in [0.29, 0.717) is 24.8 Å². The number of carbonyl (C=O) groups excluding carboxylic acids is 1. The minimum Gasteiger partial charge on any atom is -0.444 e. The predicted molar refractivity (Wildman–Crippen MR) is 80.0 cm³/mol. The standard InChI is InChI=1S/C16H21F3N2O3/c1-15(2,3)24-14(23)21-11(5-7-13(21)22)8-10-4-6-12(20-9-10)16(17,18)19/h4,6,9,11,13,22H,5,7-8H2,1-3H3. The van der Waals surface area contributed by atoms with Gasteiger partial charge in [-0.15, -0.1) is 0 Å². The van der Waals surface area contributed by atoms with Crippen molar-refractivity contribution in [1.82, 2.24) is 9.88 Å². The molecule has 0 bridgehead atoms. The van der Waals surface area contributed by atoms with Crippen molar-refractivity contribution in [3.63, 3.8) is 0 Å². The highest BCUT2D eigenvalue weighted by Crippen LogP contribution is 2.29. The van der Waals surface area contributed by atoms with E-state index in [1.807, 2.05) is 0 Å². The summed E-state index contributed by atoms with van der Waals surface area (Å²) in [5.41, 5.74) is -1.09. The van der Waals surface area contributed by atoms with Crippen molar-refractivity contribution in [2.45, 2.75) is 64.1 Å². The number of pyridine rings is 1. The van der Waals surface area contributed by atoms with Gasteiger partial charge in [0, 0.05) is 12.2 Å². The Hall–Kier alpha value is -1.83. The first-order valence-electron chi connectivity index (χ1n) is 7.69. The van der Waals surface area contributed by atoms with Gasteiger partial charge in [0.25, 0.3) is 0 Å². The molecule has 2 heterocycles. The van der Waals surface area contributed by atoms with Crippen LogP contribution in [0.5, 0.6) is 0 Å². The number of amides is 1. The molecule has 2 atom stereocenters. The first kappa shape index (κ1) is 18.5. The van der Waals surface area contributed by atoms with E-state index in [4.69, 9.17) is 4.74 Å². The van der Waals surface area contributed by atoms with Gasteiger partial charge in [-0.05, 0) is 51.7 Å². The summed E-state index contributed by atoms with van der Waals surface area (Å²) in [5.74, 6) is 0. The normalized spacial score (nSPS) is 21.9. The van der Waals surface area contributed by atoms with Crippen molar-refractivity contribution in [2.24, 2.45) is 0 Å². The summed E-state index contributed by atoms with van der Waals surface area (Å²) in [7, 11) is 0. The number of rotatable bonds is 2. The maximum atomic E-state index is 12.5. The zero-order valence-electron chi connectivity index (χ0n) is 13.8. The predicted octanol–water partition coefficient (Wildman–Crippen LogP) is 3.36. The molecule has 2 unspecified atom stereocenters. The fraction of sp³-hybridized carbons (Fsp3) is 0.625. The summed E-state index contributed by atoms with van der Waals surface area (Å²) >= 11 is 0. The van der Waals surface area contributed by atoms with Gasteiger partial charge in [0.15, 0.2) is 0 Å². The third kappa shape index (κ3) is 4.59. The lowest BCUT2D eigenvalue weighted by Gasteiger charge is -2.30. The number of nitrogens with zero attached hydrogens (tertiary/aromatic N) is 2. The monoisotopic (exact) mass is 346 g/mol. The maximum Gasteiger partial charge on any atom is 0.433 e. The van der Waals surface area contributed by atoms with Gasteiger partial charge in [-0.25, -0.2) is 4.79 Å². The quantitative estimate of drug-likeness (QED) is 0.892. The number of aliphatic hydroxyl groups excluding tert-OH is 1. The average molecular weight is 346 g/mol. The average Bonchev–Trinajstić information content (AvgIpc) is 2.77. The van der Waals surface area contributed by atoms with E-state index in [-0.39, 0.29) is 6.04 Å².